The summed E-state index contributed by atoms with van der Waals surface area (Å²) in [5.74, 6) is 2.01. The van der Waals surface area contributed by atoms with E-state index in [2.05, 4.69) is 27.1 Å². The Balaban J connectivity index is 1.38. The monoisotopic (exact) mass is 361 g/mol. The van der Waals surface area contributed by atoms with Crippen LogP contribution in [0.15, 0.2) is 47.2 Å². The minimum Gasteiger partial charge on any atom is -0.364 e. The molecule has 1 fully saturated rings. The number of aryl methyl sites for hydroxylation is 1. The van der Waals surface area contributed by atoms with Crippen LogP contribution < -0.4 is 4.90 Å². The quantitative estimate of drug-likeness (QED) is 0.712. The highest BCUT2D eigenvalue weighted by atomic mass is 16.5. The molecule has 0 atom stereocenters. The van der Waals surface area contributed by atoms with Crippen molar-refractivity contribution < 1.29 is 4.52 Å². The molecule has 0 amide bonds. The predicted octanol–water partition coefficient (Wildman–Crippen LogP) is 2.94. The summed E-state index contributed by atoms with van der Waals surface area (Å²) in [7, 11) is 0. The van der Waals surface area contributed by atoms with Crippen LogP contribution in [-0.4, -0.2) is 46.2 Å². The molecule has 3 aromatic rings. The van der Waals surface area contributed by atoms with Crippen LogP contribution in [0.2, 0.25) is 0 Å². The molecule has 1 aliphatic heterocycles. The first kappa shape index (κ1) is 16.4. The maximum absolute atomic E-state index is 5.01. The molecular formula is C21H23N5O. The summed E-state index contributed by atoms with van der Waals surface area (Å²) in [6, 6.07) is 12.3. The zero-order chi connectivity index (χ0) is 18.1. The maximum atomic E-state index is 5.01. The number of fused-ring (bicyclic) bond motifs is 1. The van der Waals surface area contributed by atoms with Gasteiger partial charge in [0.25, 0.3) is 0 Å². The number of benzene rings is 1. The van der Waals surface area contributed by atoms with E-state index in [0.717, 1.165) is 68.5 Å². The first-order chi connectivity index (χ1) is 13.4. The lowest BCUT2D eigenvalue weighted by Gasteiger charge is -2.36. The zero-order valence-corrected chi connectivity index (χ0v) is 15.3. The van der Waals surface area contributed by atoms with Crippen LogP contribution in [0.3, 0.4) is 0 Å². The van der Waals surface area contributed by atoms with E-state index in [9.17, 15) is 0 Å². The minimum absolute atomic E-state index is 0.849. The van der Waals surface area contributed by atoms with Crippen LogP contribution in [0.25, 0.3) is 11.4 Å². The maximum Gasteiger partial charge on any atom is 0.161 e. The molecule has 5 rings (SSSR count). The van der Waals surface area contributed by atoms with Crippen molar-refractivity contribution in [3.8, 4) is 11.4 Å². The summed E-state index contributed by atoms with van der Waals surface area (Å²) in [5.41, 5.74) is 4.69. The van der Waals surface area contributed by atoms with E-state index in [1.807, 2.05) is 24.3 Å². The summed E-state index contributed by atoms with van der Waals surface area (Å²) in [5, 5.41) is 4.03. The fourth-order valence-corrected chi connectivity index (χ4v) is 4.06. The van der Waals surface area contributed by atoms with E-state index in [0.29, 0.717) is 0 Å². The molecule has 2 aliphatic rings. The number of piperazine rings is 1. The van der Waals surface area contributed by atoms with Crippen LogP contribution in [-0.2, 0) is 19.4 Å². The highest BCUT2D eigenvalue weighted by molar-refractivity contribution is 5.61. The van der Waals surface area contributed by atoms with Crippen molar-refractivity contribution in [3.05, 3.63) is 59.6 Å². The highest BCUT2D eigenvalue weighted by Crippen LogP contribution is 2.32. The molecule has 0 spiro atoms. The number of rotatable bonds is 4. The van der Waals surface area contributed by atoms with E-state index >= 15 is 0 Å². The molecule has 138 valence electrons. The second-order valence-electron chi connectivity index (χ2n) is 7.27. The SMILES string of the molecule is c1ccc(-c2nc3c(c(N4CCN(Cc5ccon5)CC4)n2)CCC3)cc1. The first-order valence-electron chi connectivity index (χ1n) is 9.68. The molecule has 2 aromatic heterocycles. The largest absolute Gasteiger partial charge is 0.364 e. The zero-order valence-electron chi connectivity index (χ0n) is 15.3. The minimum atomic E-state index is 0.849. The molecule has 6 heteroatoms. The fourth-order valence-electron chi connectivity index (χ4n) is 4.06. The van der Waals surface area contributed by atoms with Crippen molar-refractivity contribution in [3.63, 3.8) is 0 Å². The lowest BCUT2D eigenvalue weighted by molar-refractivity contribution is 0.241. The van der Waals surface area contributed by atoms with E-state index < -0.39 is 0 Å². The van der Waals surface area contributed by atoms with Gasteiger partial charge in [-0.05, 0) is 19.3 Å². The highest BCUT2D eigenvalue weighted by Gasteiger charge is 2.26. The summed E-state index contributed by atoms with van der Waals surface area (Å²) in [6.45, 7) is 4.82. The Hall–Kier alpha value is -2.73. The number of nitrogens with zero attached hydrogens (tertiary/aromatic N) is 5. The van der Waals surface area contributed by atoms with E-state index in [-0.39, 0.29) is 0 Å². The van der Waals surface area contributed by atoms with Crippen molar-refractivity contribution in [1.29, 1.82) is 0 Å². The number of hydrogen-bond donors (Lipinski definition) is 0. The van der Waals surface area contributed by atoms with Crippen molar-refractivity contribution in [1.82, 2.24) is 20.0 Å². The topological polar surface area (TPSA) is 58.3 Å². The molecule has 27 heavy (non-hydrogen) atoms. The number of hydrogen-bond acceptors (Lipinski definition) is 6. The standard InChI is InChI=1S/C21H23N5O/c1-2-5-16(6-3-1)20-22-19-8-4-7-18(19)21(23-20)26-12-10-25(11-13-26)15-17-9-14-27-24-17/h1-3,5-6,9,14H,4,7-8,10-13,15H2. The van der Waals surface area contributed by atoms with Gasteiger partial charge in [0.15, 0.2) is 5.82 Å². The molecule has 6 nitrogen and oxygen atoms in total. The molecule has 0 unspecified atom stereocenters. The Bertz CT molecular complexity index is 902. The van der Waals surface area contributed by atoms with Crippen LogP contribution in [0.5, 0.6) is 0 Å². The van der Waals surface area contributed by atoms with Crippen molar-refractivity contribution in [2.24, 2.45) is 0 Å². The molecule has 1 aromatic carbocycles. The van der Waals surface area contributed by atoms with E-state index in [4.69, 9.17) is 14.5 Å². The van der Waals surface area contributed by atoms with Gasteiger partial charge >= 0.3 is 0 Å². The molecule has 3 heterocycles. The van der Waals surface area contributed by atoms with Crippen LogP contribution >= 0.6 is 0 Å². The van der Waals surface area contributed by atoms with Gasteiger partial charge in [-0.2, -0.15) is 0 Å². The van der Waals surface area contributed by atoms with Gasteiger partial charge in [-0.15, -0.1) is 0 Å². The van der Waals surface area contributed by atoms with Gasteiger partial charge in [-0.1, -0.05) is 35.5 Å². The van der Waals surface area contributed by atoms with Gasteiger partial charge in [0.1, 0.15) is 12.1 Å². The van der Waals surface area contributed by atoms with Crippen LogP contribution in [0.4, 0.5) is 5.82 Å². The van der Waals surface area contributed by atoms with Gasteiger partial charge in [0, 0.05) is 55.6 Å². The number of aromatic nitrogens is 3. The average Bonchev–Trinajstić information content (AvgIpc) is 3.40. The normalized spacial score (nSPS) is 17.3. The summed E-state index contributed by atoms with van der Waals surface area (Å²) < 4.78 is 4.95. The van der Waals surface area contributed by atoms with Crippen molar-refractivity contribution >= 4 is 5.82 Å². The molecule has 1 aliphatic carbocycles. The predicted molar refractivity (Wildman–Crippen MR) is 103 cm³/mol. The van der Waals surface area contributed by atoms with Crippen molar-refractivity contribution in [2.75, 3.05) is 31.1 Å². The van der Waals surface area contributed by atoms with Gasteiger partial charge < -0.3 is 9.42 Å². The summed E-state index contributed by atoms with van der Waals surface area (Å²) >= 11 is 0. The van der Waals surface area contributed by atoms with Crippen LogP contribution in [0, 0.1) is 0 Å². The molecule has 1 saturated heterocycles. The van der Waals surface area contributed by atoms with Gasteiger partial charge in [-0.25, -0.2) is 9.97 Å². The second kappa shape index (κ2) is 7.12. The third-order valence-electron chi connectivity index (χ3n) is 5.49. The van der Waals surface area contributed by atoms with Gasteiger partial charge in [-0.3, -0.25) is 4.90 Å². The molecule has 0 N–H and O–H groups in total. The van der Waals surface area contributed by atoms with Crippen LogP contribution in [0.1, 0.15) is 23.4 Å². The molecular weight excluding hydrogens is 338 g/mol. The van der Waals surface area contributed by atoms with Gasteiger partial charge in [0.05, 0.1) is 5.69 Å². The summed E-state index contributed by atoms with van der Waals surface area (Å²) in [4.78, 5) is 14.8. The Labute approximate surface area is 158 Å². The average molecular weight is 361 g/mol. The Morgan fingerprint density at radius 1 is 0.926 bits per heavy atom. The Morgan fingerprint density at radius 2 is 1.78 bits per heavy atom. The first-order valence-corrected chi connectivity index (χ1v) is 9.68. The Morgan fingerprint density at radius 3 is 2.56 bits per heavy atom. The van der Waals surface area contributed by atoms with E-state index in [1.54, 1.807) is 6.26 Å². The van der Waals surface area contributed by atoms with Crippen molar-refractivity contribution in [2.45, 2.75) is 25.8 Å². The Kier molecular flexibility index (Phi) is 4.33. The third-order valence-corrected chi connectivity index (χ3v) is 5.49. The smallest absolute Gasteiger partial charge is 0.161 e. The molecule has 0 bridgehead atoms. The number of anilines is 1. The lowest BCUT2D eigenvalue weighted by Crippen LogP contribution is -2.46. The lowest BCUT2D eigenvalue weighted by atomic mass is 10.1. The van der Waals surface area contributed by atoms with Gasteiger partial charge in [0.2, 0.25) is 0 Å². The van der Waals surface area contributed by atoms with E-state index in [1.165, 1.54) is 17.7 Å². The second-order valence-corrected chi connectivity index (χ2v) is 7.27. The fraction of sp³-hybridized carbons (Fsp3) is 0.381. The molecule has 0 radical (unpaired) electrons. The summed E-state index contributed by atoms with van der Waals surface area (Å²) in [6.07, 6.45) is 4.98. The molecule has 0 saturated carbocycles. The third kappa shape index (κ3) is 3.32.